The molecule has 0 radical (unpaired) electrons. The average Bonchev–Trinajstić information content (AvgIpc) is 2.46. The third kappa shape index (κ3) is 11.5. The minimum Gasteiger partial charge on any atom is -0.450 e. The third-order valence-corrected chi connectivity index (χ3v) is 3.19. The van der Waals surface area contributed by atoms with Gasteiger partial charge < -0.3 is 10.2 Å². The molecule has 0 aliphatic rings. The molecular weight excluding hydrogens is 266 g/mol. The number of nitriles is 1. The Morgan fingerprint density at radius 2 is 1.57 bits per heavy atom. The van der Waals surface area contributed by atoms with Gasteiger partial charge >= 0.3 is 6.16 Å². The molecule has 0 amide bonds. The van der Waals surface area contributed by atoms with Crippen LogP contribution in [0.1, 0.15) is 63.0 Å². The molecule has 0 aliphatic carbocycles. The highest BCUT2D eigenvalue weighted by Gasteiger charge is 1.99. The summed E-state index contributed by atoms with van der Waals surface area (Å²) in [6.07, 6.45) is 8.51. The maximum Gasteiger partial charge on any atom is 0.503 e. The van der Waals surface area contributed by atoms with E-state index in [1.165, 1.54) is 50.5 Å². The molecule has 1 aromatic rings. The zero-order chi connectivity index (χ0) is 15.9. The maximum absolute atomic E-state index is 8.97. The van der Waals surface area contributed by atoms with Crippen molar-refractivity contribution in [3.8, 4) is 6.07 Å². The van der Waals surface area contributed by atoms with Gasteiger partial charge in [0.25, 0.3) is 0 Å². The fourth-order valence-corrected chi connectivity index (χ4v) is 2.12. The zero-order valence-corrected chi connectivity index (χ0v) is 12.7. The van der Waals surface area contributed by atoms with Gasteiger partial charge in [0.2, 0.25) is 0 Å². The van der Waals surface area contributed by atoms with Gasteiger partial charge in [-0.25, -0.2) is 4.79 Å². The summed E-state index contributed by atoms with van der Waals surface area (Å²) in [5.74, 6) is 0. The number of rotatable bonds is 8. The van der Waals surface area contributed by atoms with E-state index in [0.717, 1.165) is 12.0 Å². The fraction of sp³-hybridized carbons (Fsp3) is 0.529. The normalized spacial score (nSPS) is 9.33. The number of unbranched alkanes of at least 4 members (excludes halogenated alkanes) is 6. The zero-order valence-electron chi connectivity index (χ0n) is 12.7. The van der Waals surface area contributed by atoms with Gasteiger partial charge in [-0.15, -0.1) is 0 Å². The second-order valence-electron chi connectivity index (χ2n) is 4.92. The minimum atomic E-state index is -1.83. The molecule has 0 spiro atoms. The van der Waals surface area contributed by atoms with Crippen molar-refractivity contribution in [3.05, 3.63) is 35.4 Å². The van der Waals surface area contributed by atoms with Gasteiger partial charge in [-0.2, -0.15) is 5.26 Å². The Morgan fingerprint density at radius 1 is 1.05 bits per heavy atom. The van der Waals surface area contributed by atoms with E-state index in [0.29, 0.717) is 0 Å². The first kappa shape index (κ1) is 19.0. The SMILES string of the molecule is CCCCCCCCCc1ccccc1C#N.O=C(O)O. The Balaban J connectivity index is 0.000000885. The van der Waals surface area contributed by atoms with Crippen molar-refractivity contribution >= 4 is 6.16 Å². The summed E-state index contributed by atoms with van der Waals surface area (Å²) >= 11 is 0. The van der Waals surface area contributed by atoms with E-state index in [1.54, 1.807) is 0 Å². The summed E-state index contributed by atoms with van der Waals surface area (Å²) in [5, 5.41) is 22.9. The number of carboxylic acid groups (broad SMARTS) is 2. The predicted molar refractivity (Wildman–Crippen MR) is 83.5 cm³/mol. The van der Waals surface area contributed by atoms with E-state index < -0.39 is 6.16 Å². The van der Waals surface area contributed by atoms with Crippen LogP contribution in [0.25, 0.3) is 0 Å². The maximum atomic E-state index is 8.97. The summed E-state index contributed by atoms with van der Waals surface area (Å²) in [6.45, 7) is 2.25. The van der Waals surface area contributed by atoms with Crippen molar-refractivity contribution in [2.75, 3.05) is 0 Å². The molecule has 0 aliphatic heterocycles. The number of hydrogen-bond acceptors (Lipinski definition) is 2. The first-order valence-electron chi connectivity index (χ1n) is 7.51. The van der Waals surface area contributed by atoms with Gasteiger partial charge in [0, 0.05) is 0 Å². The molecule has 2 N–H and O–H groups in total. The molecule has 116 valence electrons. The molecule has 1 aromatic carbocycles. The van der Waals surface area contributed by atoms with Crippen molar-refractivity contribution in [1.82, 2.24) is 0 Å². The molecule has 0 saturated heterocycles. The highest BCUT2D eigenvalue weighted by atomic mass is 16.6. The largest absolute Gasteiger partial charge is 0.503 e. The van der Waals surface area contributed by atoms with Crippen LogP contribution in [0.5, 0.6) is 0 Å². The van der Waals surface area contributed by atoms with E-state index in [9.17, 15) is 0 Å². The van der Waals surface area contributed by atoms with Crippen molar-refractivity contribution in [2.45, 2.75) is 58.3 Å². The Kier molecular flexibility index (Phi) is 11.7. The number of hydrogen-bond donors (Lipinski definition) is 2. The lowest BCUT2D eigenvalue weighted by molar-refractivity contribution is 0.137. The smallest absolute Gasteiger partial charge is 0.450 e. The summed E-state index contributed by atoms with van der Waals surface area (Å²) in [6, 6.07) is 10.2. The van der Waals surface area contributed by atoms with Crippen molar-refractivity contribution < 1.29 is 15.0 Å². The molecule has 0 aromatic heterocycles. The van der Waals surface area contributed by atoms with Crippen molar-refractivity contribution in [2.24, 2.45) is 0 Å². The van der Waals surface area contributed by atoms with E-state index in [2.05, 4.69) is 19.1 Å². The van der Waals surface area contributed by atoms with Crippen LogP contribution in [-0.2, 0) is 6.42 Å². The van der Waals surface area contributed by atoms with E-state index in [-0.39, 0.29) is 0 Å². The van der Waals surface area contributed by atoms with Crippen LogP contribution in [0.3, 0.4) is 0 Å². The number of benzene rings is 1. The molecule has 1 rings (SSSR count). The highest BCUT2D eigenvalue weighted by Crippen LogP contribution is 2.13. The molecule has 0 saturated carbocycles. The quantitative estimate of drug-likeness (QED) is 0.655. The lowest BCUT2D eigenvalue weighted by Crippen LogP contribution is -1.90. The number of nitrogens with zero attached hydrogens (tertiary/aromatic N) is 1. The molecule has 4 heteroatoms. The van der Waals surface area contributed by atoms with Crippen LogP contribution < -0.4 is 0 Å². The second kappa shape index (κ2) is 13.0. The van der Waals surface area contributed by atoms with Crippen molar-refractivity contribution in [3.63, 3.8) is 0 Å². The topological polar surface area (TPSA) is 81.3 Å². The van der Waals surface area contributed by atoms with Gasteiger partial charge in [0.05, 0.1) is 11.6 Å². The lowest BCUT2D eigenvalue weighted by atomic mass is 10.0. The Bertz CT molecular complexity index is 434. The molecule has 0 heterocycles. The molecule has 21 heavy (non-hydrogen) atoms. The Hall–Kier alpha value is -2.02. The number of aryl methyl sites for hydroxylation is 1. The van der Waals surface area contributed by atoms with Crippen LogP contribution in [0, 0.1) is 11.3 Å². The van der Waals surface area contributed by atoms with Crippen LogP contribution in [0.4, 0.5) is 4.79 Å². The number of carbonyl (C=O) groups is 1. The summed E-state index contributed by atoms with van der Waals surface area (Å²) in [4.78, 5) is 8.56. The third-order valence-electron chi connectivity index (χ3n) is 3.19. The lowest BCUT2D eigenvalue weighted by Gasteiger charge is -2.03. The van der Waals surface area contributed by atoms with Gasteiger partial charge in [-0.05, 0) is 24.5 Å². The molecular formula is C17H25NO3. The predicted octanol–water partition coefficient (Wildman–Crippen LogP) is 5.07. The Labute approximate surface area is 127 Å². The van der Waals surface area contributed by atoms with E-state index in [1.807, 2.05) is 18.2 Å². The van der Waals surface area contributed by atoms with Gasteiger partial charge in [-0.1, -0.05) is 63.6 Å². The highest BCUT2D eigenvalue weighted by molar-refractivity contribution is 5.53. The van der Waals surface area contributed by atoms with E-state index in [4.69, 9.17) is 20.3 Å². The molecule has 0 fully saturated rings. The van der Waals surface area contributed by atoms with Crippen molar-refractivity contribution in [1.29, 1.82) is 5.26 Å². The van der Waals surface area contributed by atoms with Crippen LogP contribution >= 0.6 is 0 Å². The summed E-state index contributed by atoms with van der Waals surface area (Å²) in [5.41, 5.74) is 2.06. The van der Waals surface area contributed by atoms with Crippen LogP contribution in [-0.4, -0.2) is 16.4 Å². The first-order valence-corrected chi connectivity index (χ1v) is 7.51. The van der Waals surface area contributed by atoms with Crippen LogP contribution in [0.2, 0.25) is 0 Å². The first-order chi connectivity index (χ1) is 10.1. The standard InChI is InChI=1S/C16H23N.CH2O3/c1-2-3-4-5-6-7-8-11-15-12-9-10-13-16(15)14-17;2-1(3)4/h9-10,12-13H,2-8,11H2,1H3;(H2,2,3,4). The van der Waals surface area contributed by atoms with Gasteiger partial charge in [0.1, 0.15) is 0 Å². The average molecular weight is 291 g/mol. The fourth-order valence-electron chi connectivity index (χ4n) is 2.12. The Morgan fingerprint density at radius 3 is 2.14 bits per heavy atom. The summed E-state index contributed by atoms with van der Waals surface area (Å²) in [7, 11) is 0. The molecule has 0 unspecified atom stereocenters. The monoisotopic (exact) mass is 291 g/mol. The molecule has 4 nitrogen and oxygen atoms in total. The van der Waals surface area contributed by atoms with Gasteiger partial charge in [0.15, 0.2) is 0 Å². The minimum absolute atomic E-state index is 0.846. The van der Waals surface area contributed by atoms with Crippen LogP contribution in [0.15, 0.2) is 24.3 Å². The van der Waals surface area contributed by atoms with Gasteiger partial charge in [-0.3, -0.25) is 0 Å². The second-order valence-corrected chi connectivity index (χ2v) is 4.92. The molecule has 0 atom stereocenters. The molecule has 0 bridgehead atoms. The van der Waals surface area contributed by atoms with E-state index >= 15 is 0 Å². The summed E-state index contributed by atoms with van der Waals surface area (Å²) < 4.78 is 0.